The minimum absolute atomic E-state index is 0.132. The van der Waals surface area contributed by atoms with Gasteiger partial charge in [0.15, 0.2) is 0 Å². The molecule has 1 saturated heterocycles. The molecular weight excluding hydrogens is 390 g/mol. The van der Waals surface area contributed by atoms with Crippen molar-refractivity contribution in [2.24, 2.45) is 0 Å². The standard InChI is InChI=1S/C17H22BrN3O4/c1-17(2,3)25-16(24)20-8-7-11(13(22)9-20)21-12-6-4-5-10(18)14(12)19-15(21)23/h4-6,11,13,22H,7-9H2,1-3H3,(H,19,23). The number of ether oxygens (including phenoxy) is 1. The van der Waals surface area contributed by atoms with E-state index in [1.807, 2.05) is 18.2 Å². The van der Waals surface area contributed by atoms with E-state index in [9.17, 15) is 14.7 Å². The maximum Gasteiger partial charge on any atom is 0.410 e. The molecule has 1 aliphatic heterocycles. The van der Waals surface area contributed by atoms with Gasteiger partial charge >= 0.3 is 11.8 Å². The lowest BCUT2D eigenvalue weighted by Crippen LogP contribution is -2.49. The van der Waals surface area contributed by atoms with Crippen LogP contribution < -0.4 is 5.69 Å². The molecule has 2 heterocycles. The average molecular weight is 412 g/mol. The zero-order chi connectivity index (χ0) is 18.4. The second-order valence-corrected chi connectivity index (χ2v) is 8.14. The van der Waals surface area contributed by atoms with Gasteiger partial charge in [0.1, 0.15) is 5.60 Å². The SMILES string of the molecule is CC(C)(C)OC(=O)N1CCC(n2c(=O)[nH]c3c(Br)cccc32)C(O)C1. The van der Waals surface area contributed by atoms with Gasteiger partial charge in [0.25, 0.3) is 0 Å². The van der Waals surface area contributed by atoms with Crippen molar-refractivity contribution in [2.75, 3.05) is 13.1 Å². The van der Waals surface area contributed by atoms with Crippen molar-refractivity contribution in [2.45, 2.75) is 44.9 Å². The molecule has 0 radical (unpaired) electrons. The van der Waals surface area contributed by atoms with Crippen LogP contribution in [0.25, 0.3) is 11.0 Å². The lowest BCUT2D eigenvalue weighted by atomic mass is 10.0. The number of likely N-dealkylation sites (tertiary alicyclic amines) is 1. The van der Waals surface area contributed by atoms with Crippen molar-refractivity contribution in [3.05, 3.63) is 33.2 Å². The molecule has 1 aromatic heterocycles. The van der Waals surface area contributed by atoms with Gasteiger partial charge in [-0.3, -0.25) is 4.57 Å². The van der Waals surface area contributed by atoms with Gasteiger partial charge in [-0.2, -0.15) is 0 Å². The molecule has 2 atom stereocenters. The van der Waals surface area contributed by atoms with E-state index in [0.29, 0.717) is 18.5 Å². The monoisotopic (exact) mass is 411 g/mol. The number of carbonyl (C=O) groups excluding carboxylic acids is 1. The lowest BCUT2D eigenvalue weighted by Gasteiger charge is -2.37. The molecule has 8 heteroatoms. The maximum absolute atomic E-state index is 12.4. The number of fused-ring (bicyclic) bond motifs is 1. The van der Waals surface area contributed by atoms with Crippen LogP contribution in [-0.4, -0.2) is 50.4 Å². The number of H-pyrrole nitrogens is 1. The third-order valence-corrected chi connectivity index (χ3v) is 4.89. The molecule has 136 valence electrons. The normalized spacial score (nSPS) is 21.6. The largest absolute Gasteiger partial charge is 0.444 e. The van der Waals surface area contributed by atoms with Crippen molar-refractivity contribution in [1.29, 1.82) is 0 Å². The summed E-state index contributed by atoms with van der Waals surface area (Å²) in [4.78, 5) is 28.9. The number of nitrogens with zero attached hydrogens (tertiary/aromatic N) is 2. The molecule has 1 aliphatic rings. The van der Waals surface area contributed by atoms with Gasteiger partial charge in [0.05, 0.1) is 29.7 Å². The summed E-state index contributed by atoms with van der Waals surface area (Å²) in [6.07, 6.45) is -0.823. The Hall–Kier alpha value is -1.80. The van der Waals surface area contributed by atoms with Gasteiger partial charge in [0.2, 0.25) is 0 Å². The predicted molar refractivity (Wildman–Crippen MR) is 97.7 cm³/mol. The Morgan fingerprint density at radius 1 is 1.40 bits per heavy atom. The predicted octanol–water partition coefficient (Wildman–Crippen LogP) is 2.63. The molecule has 0 bridgehead atoms. The summed E-state index contributed by atoms with van der Waals surface area (Å²) < 4.78 is 7.73. The molecule has 2 N–H and O–H groups in total. The molecule has 1 fully saturated rings. The van der Waals surface area contributed by atoms with Gasteiger partial charge in [-0.25, -0.2) is 9.59 Å². The molecule has 1 aromatic carbocycles. The third-order valence-electron chi connectivity index (χ3n) is 4.23. The summed E-state index contributed by atoms with van der Waals surface area (Å²) in [5, 5.41) is 10.6. The Labute approximate surface area is 153 Å². The number of β-amino-alcohol motifs (C(OH)–C–C–N with tert-alkyl or cyclic N) is 1. The van der Waals surface area contributed by atoms with Crippen LogP contribution >= 0.6 is 15.9 Å². The van der Waals surface area contributed by atoms with Crippen LogP contribution in [0.15, 0.2) is 27.5 Å². The van der Waals surface area contributed by atoms with Crippen LogP contribution in [0.5, 0.6) is 0 Å². The van der Waals surface area contributed by atoms with E-state index in [0.717, 1.165) is 9.99 Å². The lowest BCUT2D eigenvalue weighted by molar-refractivity contribution is -0.00981. The molecular formula is C17H22BrN3O4. The van der Waals surface area contributed by atoms with E-state index in [2.05, 4.69) is 20.9 Å². The highest BCUT2D eigenvalue weighted by atomic mass is 79.9. The number of nitrogens with one attached hydrogen (secondary N) is 1. The second kappa shape index (κ2) is 6.49. The molecule has 0 spiro atoms. The number of aromatic amines is 1. The summed E-state index contributed by atoms with van der Waals surface area (Å²) in [6.45, 7) is 5.96. The van der Waals surface area contributed by atoms with Crippen LogP contribution in [0.2, 0.25) is 0 Å². The number of amides is 1. The van der Waals surface area contributed by atoms with E-state index >= 15 is 0 Å². The first kappa shape index (κ1) is 18.0. The highest BCUT2D eigenvalue weighted by Gasteiger charge is 2.34. The topological polar surface area (TPSA) is 87.6 Å². The summed E-state index contributed by atoms with van der Waals surface area (Å²) in [6, 6.07) is 5.14. The van der Waals surface area contributed by atoms with E-state index in [4.69, 9.17) is 4.74 Å². The first-order valence-corrected chi connectivity index (χ1v) is 9.01. The number of aromatic nitrogens is 2. The average Bonchev–Trinajstić information content (AvgIpc) is 2.83. The number of imidazole rings is 1. The maximum atomic E-state index is 12.4. The van der Waals surface area contributed by atoms with Crippen LogP contribution in [0.4, 0.5) is 4.79 Å². The minimum atomic E-state index is -0.850. The van der Waals surface area contributed by atoms with Gasteiger partial charge in [-0.15, -0.1) is 0 Å². The number of benzene rings is 1. The highest BCUT2D eigenvalue weighted by Crippen LogP contribution is 2.28. The third kappa shape index (κ3) is 3.59. The first-order chi connectivity index (χ1) is 11.7. The van der Waals surface area contributed by atoms with Crippen molar-refractivity contribution in [3.8, 4) is 0 Å². The van der Waals surface area contributed by atoms with Crippen LogP contribution in [0.3, 0.4) is 0 Å². The van der Waals surface area contributed by atoms with E-state index < -0.39 is 23.8 Å². The first-order valence-electron chi connectivity index (χ1n) is 8.22. The molecule has 0 saturated carbocycles. The number of halogens is 1. The fourth-order valence-corrected chi connectivity index (χ4v) is 3.61. The number of carbonyl (C=O) groups is 1. The second-order valence-electron chi connectivity index (χ2n) is 7.28. The zero-order valence-corrected chi connectivity index (χ0v) is 16.0. The molecule has 3 rings (SSSR count). The Balaban J connectivity index is 1.83. The fraction of sp³-hybridized carbons (Fsp3) is 0.529. The van der Waals surface area contributed by atoms with Gasteiger partial charge in [-0.1, -0.05) is 6.07 Å². The van der Waals surface area contributed by atoms with Crippen LogP contribution in [-0.2, 0) is 4.74 Å². The number of rotatable bonds is 1. The number of aliphatic hydroxyl groups excluding tert-OH is 1. The van der Waals surface area contributed by atoms with Crippen molar-refractivity contribution in [1.82, 2.24) is 14.5 Å². The smallest absolute Gasteiger partial charge is 0.410 e. The Bertz CT molecular complexity index is 852. The number of hydrogen-bond donors (Lipinski definition) is 2. The van der Waals surface area contributed by atoms with Gasteiger partial charge < -0.3 is 19.7 Å². The van der Waals surface area contributed by atoms with Gasteiger partial charge in [-0.05, 0) is 55.3 Å². The summed E-state index contributed by atoms with van der Waals surface area (Å²) in [5.41, 5.74) is 0.582. The zero-order valence-electron chi connectivity index (χ0n) is 14.5. The highest BCUT2D eigenvalue weighted by molar-refractivity contribution is 9.10. The van der Waals surface area contributed by atoms with Crippen molar-refractivity contribution < 1.29 is 14.6 Å². The molecule has 7 nitrogen and oxygen atoms in total. The molecule has 0 aliphatic carbocycles. The molecule has 1 amide bonds. The van der Waals surface area contributed by atoms with Crippen molar-refractivity contribution >= 4 is 33.1 Å². The van der Waals surface area contributed by atoms with E-state index in [1.165, 1.54) is 4.90 Å². The Morgan fingerprint density at radius 3 is 2.76 bits per heavy atom. The van der Waals surface area contributed by atoms with Gasteiger partial charge in [0, 0.05) is 11.0 Å². The van der Waals surface area contributed by atoms with E-state index in [-0.39, 0.29) is 12.2 Å². The fourth-order valence-electron chi connectivity index (χ4n) is 3.16. The molecule has 2 unspecified atom stereocenters. The quantitative estimate of drug-likeness (QED) is 0.754. The molecule has 25 heavy (non-hydrogen) atoms. The minimum Gasteiger partial charge on any atom is -0.444 e. The van der Waals surface area contributed by atoms with E-state index in [1.54, 1.807) is 25.3 Å². The Morgan fingerprint density at radius 2 is 2.12 bits per heavy atom. The van der Waals surface area contributed by atoms with Crippen molar-refractivity contribution in [3.63, 3.8) is 0 Å². The molecule has 2 aromatic rings. The summed E-state index contributed by atoms with van der Waals surface area (Å²) in [7, 11) is 0. The number of piperidine rings is 1. The van der Waals surface area contributed by atoms with Crippen LogP contribution in [0, 0.1) is 0 Å². The summed E-state index contributed by atoms with van der Waals surface area (Å²) >= 11 is 3.42. The van der Waals surface area contributed by atoms with Crippen LogP contribution in [0.1, 0.15) is 33.2 Å². The number of hydrogen-bond acceptors (Lipinski definition) is 4. The summed E-state index contributed by atoms with van der Waals surface area (Å²) in [5.74, 6) is 0. The Kier molecular flexibility index (Phi) is 4.68. The number of para-hydroxylation sites is 1. The number of aliphatic hydroxyl groups is 1.